The van der Waals surface area contributed by atoms with Crippen molar-refractivity contribution in [3.8, 4) is 0 Å². The second kappa shape index (κ2) is 3.57. The predicted octanol–water partition coefficient (Wildman–Crippen LogP) is 2.42. The van der Waals surface area contributed by atoms with E-state index in [1.165, 1.54) is 32.4 Å². The summed E-state index contributed by atoms with van der Waals surface area (Å²) in [7, 11) is 0. The van der Waals surface area contributed by atoms with Gasteiger partial charge in [-0.1, -0.05) is 27.2 Å². The van der Waals surface area contributed by atoms with Gasteiger partial charge in [0.2, 0.25) is 0 Å². The van der Waals surface area contributed by atoms with Gasteiger partial charge in [0.15, 0.2) is 0 Å². The largest absolute Gasteiger partial charge is 0.316 e. The van der Waals surface area contributed by atoms with Gasteiger partial charge in [-0.05, 0) is 30.7 Å². The first-order valence-corrected chi connectivity index (χ1v) is 4.85. The summed E-state index contributed by atoms with van der Waals surface area (Å²) in [6.45, 7) is 9.47. The number of nitrogens with one attached hydrogen (secondary N) is 1. The maximum Gasteiger partial charge on any atom is 0.000262 e. The quantitative estimate of drug-likeness (QED) is 0.613. The van der Waals surface area contributed by atoms with Crippen LogP contribution in [-0.4, -0.2) is 13.1 Å². The molecular weight excluding hydrogens is 134 g/mol. The Balaban J connectivity index is 2.47. The molecule has 1 heteroatoms. The highest BCUT2D eigenvalue weighted by atomic mass is 14.9. The molecule has 1 rings (SSSR count). The van der Waals surface area contributed by atoms with Gasteiger partial charge < -0.3 is 5.32 Å². The molecule has 0 spiro atoms. The summed E-state index contributed by atoms with van der Waals surface area (Å²) in [6, 6.07) is 0. The van der Waals surface area contributed by atoms with Crippen molar-refractivity contribution in [1.82, 2.24) is 5.32 Å². The summed E-state index contributed by atoms with van der Waals surface area (Å²) in [5.74, 6) is 0.958. The van der Waals surface area contributed by atoms with Crippen molar-refractivity contribution in [2.24, 2.45) is 11.3 Å². The first-order valence-electron chi connectivity index (χ1n) is 4.85. The molecule has 1 aliphatic heterocycles. The monoisotopic (exact) mass is 155 g/mol. The summed E-state index contributed by atoms with van der Waals surface area (Å²) < 4.78 is 0. The summed E-state index contributed by atoms with van der Waals surface area (Å²) in [5.41, 5.74) is 0.525. The smallest absolute Gasteiger partial charge is 0.000262 e. The number of rotatable bonds is 1. The lowest BCUT2D eigenvalue weighted by Crippen LogP contribution is -2.27. The summed E-state index contributed by atoms with van der Waals surface area (Å²) in [6.07, 6.45) is 4.13. The molecule has 0 aromatic rings. The Morgan fingerprint density at radius 1 is 1.45 bits per heavy atom. The van der Waals surface area contributed by atoms with Crippen molar-refractivity contribution in [2.75, 3.05) is 13.1 Å². The van der Waals surface area contributed by atoms with E-state index in [0.717, 1.165) is 5.92 Å². The summed E-state index contributed by atoms with van der Waals surface area (Å²) in [4.78, 5) is 0. The normalized spacial score (nSPS) is 31.4. The molecule has 1 unspecified atom stereocenters. The van der Waals surface area contributed by atoms with Crippen molar-refractivity contribution >= 4 is 0 Å². The SMILES string of the molecule is CCC1CCNCC(C)(C)C1. The fraction of sp³-hybridized carbons (Fsp3) is 1.00. The molecule has 0 bridgehead atoms. The van der Waals surface area contributed by atoms with Gasteiger partial charge in [0, 0.05) is 6.54 Å². The van der Waals surface area contributed by atoms with Crippen LogP contribution in [0.25, 0.3) is 0 Å². The Labute approximate surface area is 70.6 Å². The van der Waals surface area contributed by atoms with Crippen molar-refractivity contribution in [3.63, 3.8) is 0 Å². The Hall–Kier alpha value is -0.0400. The average Bonchev–Trinajstić information content (AvgIpc) is 2.10. The predicted molar refractivity (Wildman–Crippen MR) is 49.7 cm³/mol. The summed E-state index contributed by atoms with van der Waals surface area (Å²) >= 11 is 0. The Bertz CT molecular complexity index is 118. The highest BCUT2D eigenvalue weighted by Gasteiger charge is 2.24. The Kier molecular flexibility index (Phi) is 2.94. The molecule has 1 atom stereocenters. The molecule has 66 valence electrons. The van der Waals surface area contributed by atoms with E-state index >= 15 is 0 Å². The van der Waals surface area contributed by atoms with Gasteiger partial charge in [-0.25, -0.2) is 0 Å². The lowest BCUT2D eigenvalue weighted by atomic mass is 9.82. The maximum absolute atomic E-state index is 3.50. The minimum absolute atomic E-state index is 0.525. The first-order chi connectivity index (χ1) is 5.14. The van der Waals surface area contributed by atoms with Gasteiger partial charge in [-0.3, -0.25) is 0 Å². The fourth-order valence-corrected chi connectivity index (χ4v) is 2.04. The van der Waals surface area contributed by atoms with E-state index in [2.05, 4.69) is 26.1 Å². The minimum Gasteiger partial charge on any atom is -0.316 e. The zero-order valence-electron chi connectivity index (χ0n) is 8.11. The molecule has 1 aliphatic rings. The molecule has 0 aromatic heterocycles. The fourth-order valence-electron chi connectivity index (χ4n) is 2.04. The highest BCUT2D eigenvalue weighted by Crippen LogP contribution is 2.30. The minimum atomic E-state index is 0.525. The zero-order chi connectivity index (χ0) is 8.32. The van der Waals surface area contributed by atoms with E-state index in [-0.39, 0.29) is 0 Å². The standard InChI is InChI=1S/C10H21N/c1-4-9-5-6-11-8-10(2,3)7-9/h9,11H,4-8H2,1-3H3. The van der Waals surface area contributed by atoms with Crippen LogP contribution < -0.4 is 5.32 Å². The Morgan fingerprint density at radius 3 is 2.82 bits per heavy atom. The molecule has 0 saturated carbocycles. The van der Waals surface area contributed by atoms with Gasteiger partial charge in [0.05, 0.1) is 0 Å². The molecule has 1 fully saturated rings. The van der Waals surface area contributed by atoms with Crippen LogP contribution in [0.3, 0.4) is 0 Å². The van der Waals surface area contributed by atoms with Crippen LogP contribution in [0.15, 0.2) is 0 Å². The van der Waals surface area contributed by atoms with Crippen LogP contribution >= 0.6 is 0 Å². The van der Waals surface area contributed by atoms with Crippen LogP contribution in [0.4, 0.5) is 0 Å². The van der Waals surface area contributed by atoms with Gasteiger partial charge in [-0.2, -0.15) is 0 Å². The van der Waals surface area contributed by atoms with E-state index in [4.69, 9.17) is 0 Å². The van der Waals surface area contributed by atoms with Crippen molar-refractivity contribution in [2.45, 2.75) is 40.0 Å². The van der Waals surface area contributed by atoms with E-state index in [9.17, 15) is 0 Å². The molecule has 0 aliphatic carbocycles. The van der Waals surface area contributed by atoms with E-state index in [0.29, 0.717) is 5.41 Å². The molecule has 1 N–H and O–H groups in total. The summed E-state index contributed by atoms with van der Waals surface area (Å²) in [5, 5.41) is 3.50. The molecule has 0 radical (unpaired) electrons. The number of hydrogen-bond acceptors (Lipinski definition) is 1. The molecular formula is C10H21N. The third-order valence-electron chi connectivity index (χ3n) is 2.75. The lowest BCUT2D eigenvalue weighted by Gasteiger charge is -2.25. The zero-order valence-corrected chi connectivity index (χ0v) is 8.11. The molecule has 1 nitrogen and oxygen atoms in total. The molecule has 0 amide bonds. The van der Waals surface area contributed by atoms with Gasteiger partial charge in [0.1, 0.15) is 0 Å². The third kappa shape index (κ3) is 2.82. The van der Waals surface area contributed by atoms with Crippen LogP contribution in [0.2, 0.25) is 0 Å². The second-order valence-electron chi connectivity index (χ2n) is 4.61. The van der Waals surface area contributed by atoms with Crippen molar-refractivity contribution in [3.05, 3.63) is 0 Å². The van der Waals surface area contributed by atoms with Crippen LogP contribution in [0, 0.1) is 11.3 Å². The van der Waals surface area contributed by atoms with E-state index < -0.39 is 0 Å². The first kappa shape index (κ1) is 9.05. The van der Waals surface area contributed by atoms with E-state index in [1.807, 2.05) is 0 Å². The average molecular weight is 155 g/mol. The molecule has 11 heavy (non-hydrogen) atoms. The van der Waals surface area contributed by atoms with Crippen molar-refractivity contribution in [1.29, 1.82) is 0 Å². The van der Waals surface area contributed by atoms with Gasteiger partial charge in [0.25, 0.3) is 0 Å². The topological polar surface area (TPSA) is 12.0 Å². The molecule has 0 aromatic carbocycles. The van der Waals surface area contributed by atoms with E-state index in [1.54, 1.807) is 0 Å². The van der Waals surface area contributed by atoms with Gasteiger partial charge >= 0.3 is 0 Å². The molecule has 1 saturated heterocycles. The second-order valence-corrected chi connectivity index (χ2v) is 4.61. The van der Waals surface area contributed by atoms with Gasteiger partial charge in [-0.15, -0.1) is 0 Å². The third-order valence-corrected chi connectivity index (χ3v) is 2.75. The van der Waals surface area contributed by atoms with Crippen LogP contribution in [-0.2, 0) is 0 Å². The lowest BCUT2D eigenvalue weighted by molar-refractivity contribution is 0.280. The Morgan fingerprint density at radius 2 is 2.18 bits per heavy atom. The van der Waals surface area contributed by atoms with Crippen molar-refractivity contribution < 1.29 is 0 Å². The van der Waals surface area contributed by atoms with Crippen LogP contribution in [0.5, 0.6) is 0 Å². The number of hydrogen-bond donors (Lipinski definition) is 1. The molecule has 1 heterocycles. The van der Waals surface area contributed by atoms with Crippen LogP contribution in [0.1, 0.15) is 40.0 Å². The maximum atomic E-state index is 3.50. The highest BCUT2D eigenvalue weighted by molar-refractivity contribution is 4.79.